The standard InChI is InChI=1S/C24H24N2/c1-15-12-16(2)14-17(13-15)23-20-6-8-21-19(18(20)10-11-25-23)7-9-22(26-21)24(3,4)5/h6-14H,1-5H3. The van der Waals surface area contributed by atoms with Gasteiger partial charge in [-0.1, -0.05) is 44.0 Å². The summed E-state index contributed by atoms with van der Waals surface area (Å²) in [6.45, 7) is 10.9. The van der Waals surface area contributed by atoms with E-state index in [-0.39, 0.29) is 5.41 Å². The van der Waals surface area contributed by atoms with Crippen LogP contribution in [0.25, 0.3) is 32.9 Å². The van der Waals surface area contributed by atoms with Gasteiger partial charge in [0, 0.05) is 33.6 Å². The lowest BCUT2D eigenvalue weighted by Gasteiger charge is -2.18. The van der Waals surface area contributed by atoms with Crippen molar-refractivity contribution >= 4 is 21.7 Å². The number of hydrogen-bond donors (Lipinski definition) is 0. The highest BCUT2D eigenvalue weighted by Gasteiger charge is 2.16. The molecule has 2 aromatic heterocycles. The average Bonchev–Trinajstić information content (AvgIpc) is 2.59. The molecule has 0 amide bonds. The van der Waals surface area contributed by atoms with E-state index in [0.29, 0.717) is 0 Å². The van der Waals surface area contributed by atoms with Gasteiger partial charge in [-0.3, -0.25) is 9.97 Å². The number of rotatable bonds is 1. The summed E-state index contributed by atoms with van der Waals surface area (Å²) < 4.78 is 0. The predicted molar refractivity (Wildman–Crippen MR) is 111 cm³/mol. The monoisotopic (exact) mass is 340 g/mol. The van der Waals surface area contributed by atoms with Crippen LogP contribution >= 0.6 is 0 Å². The molecule has 0 bridgehead atoms. The summed E-state index contributed by atoms with van der Waals surface area (Å²) in [5, 5.41) is 3.57. The van der Waals surface area contributed by atoms with E-state index in [1.165, 1.54) is 32.8 Å². The number of nitrogens with zero attached hydrogens (tertiary/aromatic N) is 2. The Labute approximate surface area is 154 Å². The molecular weight excluding hydrogens is 316 g/mol. The van der Waals surface area contributed by atoms with Crippen LogP contribution in [0.15, 0.2) is 54.7 Å². The van der Waals surface area contributed by atoms with Crippen molar-refractivity contribution in [2.45, 2.75) is 40.0 Å². The first-order valence-corrected chi connectivity index (χ1v) is 9.10. The second-order valence-electron chi connectivity index (χ2n) is 8.21. The van der Waals surface area contributed by atoms with Crippen LogP contribution in [-0.4, -0.2) is 9.97 Å². The van der Waals surface area contributed by atoms with Crippen LogP contribution in [0.3, 0.4) is 0 Å². The maximum Gasteiger partial charge on any atom is 0.0780 e. The predicted octanol–water partition coefficient (Wildman–Crippen LogP) is 6.36. The van der Waals surface area contributed by atoms with Gasteiger partial charge >= 0.3 is 0 Å². The fraction of sp³-hybridized carbons (Fsp3) is 0.250. The van der Waals surface area contributed by atoms with Crippen molar-refractivity contribution in [3.8, 4) is 11.3 Å². The first-order valence-electron chi connectivity index (χ1n) is 9.10. The van der Waals surface area contributed by atoms with Crippen LogP contribution in [0.4, 0.5) is 0 Å². The highest BCUT2D eigenvalue weighted by Crippen LogP contribution is 2.33. The molecule has 0 atom stereocenters. The zero-order valence-electron chi connectivity index (χ0n) is 16.1. The summed E-state index contributed by atoms with van der Waals surface area (Å²) >= 11 is 0. The second kappa shape index (κ2) is 5.91. The van der Waals surface area contributed by atoms with Gasteiger partial charge in [-0.2, -0.15) is 0 Å². The lowest BCUT2D eigenvalue weighted by atomic mass is 9.91. The van der Waals surface area contributed by atoms with Gasteiger partial charge in [-0.05, 0) is 55.6 Å². The van der Waals surface area contributed by atoms with E-state index in [2.05, 4.69) is 83.1 Å². The van der Waals surface area contributed by atoms with Crippen molar-refractivity contribution in [1.82, 2.24) is 9.97 Å². The molecule has 2 heteroatoms. The highest BCUT2D eigenvalue weighted by atomic mass is 14.7. The molecule has 0 aliphatic carbocycles. The third kappa shape index (κ3) is 2.86. The lowest BCUT2D eigenvalue weighted by Crippen LogP contribution is -2.13. The Morgan fingerprint density at radius 3 is 2.12 bits per heavy atom. The fourth-order valence-electron chi connectivity index (χ4n) is 3.63. The lowest BCUT2D eigenvalue weighted by molar-refractivity contribution is 0.571. The molecule has 0 saturated heterocycles. The average molecular weight is 340 g/mol. The molecule has 0 aliphatic heterocycles. The van der Waals surface area contributed by atoms with Gasteiger partial charge in [0.25, 0.3) is 0 Å². The van der Waals surface area contributed by atoms with E-state index in [0.717, 1.165) is 16.9 Å². The molecule has 0 saturated carbocycles. The topological polar surface area (TPSA) is 25.8 Å². The van der Waals surface area contributed by atoms with Crippen molar-refractivity contribution in [1.29, 1.82) is 0 Å². The number of hydrogen-bond acceptors (Lipinski definition) is 2. The third-order valence-corrected chi connectivity index (χ3v) is 4.88. The quantitative estimate of drug-likeness (QED) is 0.377. The first kappa shape index (κ1) is 16.7. The zero-order valence-corrected chi connectivity index (χ0v) is 16.1. The number of pyridine rings is 2. The van der Waals surface area contributed by atoms with Crippen molar-refractivity contribution < 1.29 is 0 Å². The SMILES string of the molecule is Cc1cc(C)cc(-c2nccc3c2ccc2nc(C(C)(C)C)ccc23)c1. The van der Waals surface area contributed by atoms with Gasteiger partial charge in [-0.15, -0.1) is 0 Å². The Morgan fingerprint density at radius 1 is 0.731 bits per heavy atom. The molecule has 130 valence electrons. The van der Waals surface area contributed by atoms with Crippen molar-refractivity contribution in [3.63, 3.8) is 0 Å². The first-order chi connectivity index (χ1) is 12.3. The van der Waals surface area contributed by atoms with E-state index >= 15 is 0 Å². The summed E-state index contributed by atoms with van der Waals surface area (Å²) in [6.07, 6.45) is 1.91. The van der Waals surface area contributed by atoms with E-state index in [1.807, 2.05) is 6.20 Å². The molecule has 4 aromatic rings. The number of aromatic nitrogens is 2. The number of aryl methyl sites for hydroxylation is 2. The van der Waals surface area contributed by atoms with Crippen LogP contribution in [-0.2, 0) is 5.41 Å². The van der Waals surface area contributed by atoms with Gasteiger partial charge in [0.2, 0.25) is 0 Å². The summed E-state index contributed by atoms with van der Waals surface area (Å²) in [4.78, 5) is 9.61. The van der Waals surface area contributed by atoms with Gasteiger partial charge in [0.05, 0.1) is 11.2 Å². The Balaban J connectivity index is 1.99. The summed E-state index contributed by atoms with van der Waals surface area (Å²) in [5.41, 5.74) is 6.94. The minimum atomic E-state index is 0.0473. The van der Waals surface area contributed by atoms with Gasteiger partial charge < -0.3 is 0 Å². The highest BCUT2D eigenvalue weighted by molar-refractivity contribution is 6.10. The Hall–Kier alpha value is -2.74. The smallest absolute Gasteiger partial charge is 0.0780 e. The summed E-state index contributed by atoms with van der Waals surface area (Å²) in [7, 11) is 0. The van der Waals surface area contributed by atoms with Crippen LogP contribution in [0.5, 0.6) is 0 Å². The van der Waals surface area contributed by atoms with Crippen molar-refractivity contribution in [2.24, 2.45) is 0 Å². The van der Waals surface area contributed by atoms with Gasteiger partial charge in [0.1, 0.15) is 0 Å². The maximum atomic E-state index is 4.91. The molecule has 0 radical (unpaired) electrons. The maximum absolute atomic E-state index is 4.91. The van der Waals surface area contributed by atoms with Gasteiger partial charge in [-0.25, -0.2) is 0 Å². The molecule has 0 aliphatic rings. The molecule has 2 nitrogen and oxygen atoms in total. The van der Waals surface area contributed by atoms with Crippen LogP contribution < -0.4 is 0 Å². The van der Waals surface area contributed by atoms with Crippen molar-refractivity contribution in [3.05, 3.63) is 71.5 Å². The normalized spacial score (nSPS) is 12.0. The fourth-order valence-corrected chi connectivity index (χ4v) is 3.63. The van der Waals surface area contributed by atoms with Crippen molar-refractivity contribution in [2.75, 3.05) is 0 Å². The van der Waals surface area contributed by atoms with Crippen LogP contribution in [0, 0.1) is 13.8 Å². The minimum absolute atomic E-state index is 0.0473. The van der Waals surface area contributed by atoms with Gasteiger partial charge in [0.15, 0.2) is 0 Å². The molecule has 0 spiro atoms. The molecule has 0 fully saturated rings. The Kier molecular flexibility index (Phi) is 3.80. The summed E-state index contributed by atoms with van der Waals surface area (Å²) in [6, 6.07) is 17.4. The molecule has 2 heterocycles. The molecule has 26 heavy (non-hydrogen) atoms. The third-order valence-electron chi connectivity index (χ3n) is 4.88. The Morgan fingerprint density at radius 2 is 1.42 bits per heavy atom. The van der Waals surface area contributed by atoms with Crippen LogP contribution in [0.2, 0.25) is 0 Å². The number of benzene rings is 2. The van der Waals surface area contributed by atoms with E-state index < -0.39 is 0 Å². The minimum Gasteiger partial charge on any atom is -0.256 e. The molecule has 2 aromatic carbocycles. The number of fused-ring (bicyclic) bond motifs is 3. The molecule has 4 rings (SSSR count). The van der Waals surface area contributed by atoms with Crippen LogP contribution in [0.1, 0.15) is 37.6 Å². The van der Waals surface area contributed by atoms with E-state index in [9.17, 15) is 0 Å². The molecule has 0 N–H and O–H groups in total. The Bertz CT molecular complexity index is 1110. The summed E-state index contributed by atoms with van der Waals surface area (Å²) in [5.74, 6) is 0. The zero-order chi connectivity index (χ0) is 18.5. The van der Waals surface area contributed by atoms with E-state index in [1.54, 1.807) is 0 Å². The largest absolute Gasteiger partial charge is 0.256 e. The van der Waals surface area contributed by atoms with E-state index in [4.69, 9.17) is 9.97 Å². The molecule has 0 unspecified atom stereocenters. The molecular formula is C24H24N2. The second-order valence-corrected chi connectivity index (χ2v) is 8.21.